The second kappa shape index (κ2) is 6.00. The van der Waals surface area contributed by atoms with E-state index in [2.05, 4.69) is 5.32 Å². The topological polar surface area (TPSA) is 125 Å². The maximum atomic E-state index is 12.1. The Morgan fingerprint density at radius 2 is 1.90 bits per heavy atom. The molecule has 8 heteroatoms. The van der Waals surface area contributed by atoms with Crippen molar-refractivity contribution in [1.29, 1.82) is 0 Å². The van der Waals surface area contributed by atoms with Crippen LogP contribution >= 0.6 is 0 Å². The fourth-order valence-corrected chi connectivity index (χ4v) is 2.11. The third-order valence-electron chi connectivity index (χ3n) is 2.97. The number of primary sulfonamides is 1. The van der Waals surface area contributed by atoms with E-state index < -0.39 is 27.4 Å². The van der Waals surface area contributed by atoms with Gasteiger partial charge < -0.3 is 15.8 Å². The van der Waals surface area contributed by atoms with Crippen molar-refractivity contribution in [1.82, 2.24) is 0 Å². The molecule has 0 aromatic heterocycles. The molecule has 1 rings (SSSR count). The van der Waals surface area contributed by atoms with Crippen LogP contribution in [0.25, 0.3) is 0 Å². The Balaban J connectivity index is 3.15. The number of amides is 1. The van der Waals surface area contributed by atoms with Gasteiger partial charge in [-0.05, 0) is 23.6 Å². The van der Waals surface area contributed by atoms with Gasteiger partial charge >= 0.3 is 0 Å². The Morgan fingerprint density at radius 3 is 2.33 bits per heavy atom. The third kappa shape index (κ3) is 4.42. The van der Waals surface area contributed by atoms with Crippen molar-refractivity contribution in [2.75, 3.05) is 12.4 Å². The normalized spacial score (nSPS) is 13.6. The smallest absolute Gasteiger partial charge is 0.241 e. The molecule has 7 nitrogen and oxygen atoms in total. The minimum absolute atomic E-state index is 0.122. The number of ether oxygens (including phenoxy) is 1. The van der Waals surface area contributed by atoms with Crippen LogP contribution in [0.3, 0.4) is 0 Å². The predicted molar refractivity (Wildman–Crippen MR) is 80.4 cm³/mol. The highest BCUT2D eigenvalue weighted by Gasteiger charge is 2.28. The number of carbonyl (C=O) groups excluding carboxylic acids is 1. The molecule has 118 valence electrons. The molecule has 0 fully saturated rings. The molecular weight excluding hydrogens is 294 g/mol. The van der Waals surface area contributed by atoms with Crippen LogP contribution in [0.4, 0.5) is 5.69 Å². The van der Waals surface area contributed by atoms with E-state index in [0.717, 1.165) is 0 Å². The summed E-state index contributed by atoms with van der Waals surface area (Å²) < 4.78 is 27.8. The molecule has 21 heavy (non-hydrogen) atoms. The highest BCUT2D eigenvalue weighted by atomic mass is 32.2. The molecule has 0 aliphatic heterocycles. The Hall–Kier alpha value is -1.64. The minimum Gasteiger partial charge on any atom is -0.495 e. The minimum atomic E-state index is -3.87. The van der Waals surface area contributed by atoms with Gasteiger partial charge in [0.05, 0.1) is 23.7 Å². The van der Waals surface area contributed by atoms with E-state index in [9.17, 15) is 13.2 Å². The van der Waals surface area contributed by atoms with Gasteiger partial charge in [-0.2, -0.15) is 0 Å². The molecule has 1 unspecified atom stereocenters. The summed E-state index contributed by atoms with van der Waals surface area (Å²) in [5.41, 5.74) is 5.63. The first-order chi connectivity index (χ1) is 9.46. The summed E-state index contributed by atoms with van der Waals surface area (Å²) in [5, 5.41) is 7.64. The zero-order valence-electron chi connectivity index (χ0n) is 12.5. The van der Waals surface area contributed by atoms with Gasteiger partial charge in [-0.1, -0.05) is 20.8 Å². The molecule has 0 bridgehead atoms. The summed E-state index contributed by atoms with van der Waals surface area (Å²) >= 11 is 0. The third-order valence-corrected chi connectivity index (χ3v) is 3.88. The molecule has 0 saturated carbocycles. The van der Waals surface area contributed by atoms with Crippen LogP contribution in [0, 0.1) is 5.41 Å². The van der Waals surface area contributed by atoms with E-state index in [0.29, 0.717) is 5.75 Å². The Labute approximate surface area is 124 Å². The van der Waals surface area contributed by atoms with Crippen LogP contribution < -0.4 is 20.9 Å². The molecule has 1 aromatic rings. The molecule has 5 N–H and O–H groups in total. The van der Waals surface area contributed by atoms with Gasteiger partial charge in [-0.15, -0.1) is 0 Å². The first kappa shape index (κ1) is 17.4. The van der Waals surface area contributed by atoms with Crippen LogP contribution in [0.5, 0.6) is 5.75 Å². The monoisotopic (exact) mass is 315 g/mol. The number of methoxy groups -OCH3 is 1. The largest absolute Gasteiger partial charge is 0.495 e. The van der Waals surface area contributed by atoms with Gasteiger partial charge in [0.2, 0.25) is 15.9 Å². The van der Waals surface area contributed by atoms with Crippen LogP contribution in [-0.4, -0.2) is 27.5 Å². The average molecular weight is 315 g/mol. The number of hydrogen-bond donors (Lipinski definition) is 3. The second-order valence-electron chi connectivity index (χ2n) is 5.74. The highest BCUT2D eigenvalue weighted by molar-refractivity contribution is 7.89. The van der Waals surface area contributed by atoms with E-state index in [-0.39, 0.29) is 10.6 Å². The lowest BCUT2D eigenvalue weighted by molar-refractivity contribution is -0.119. The Morgan fingerprint density at radius 1 is 1.33 bits per heavy atom. The van der Waals surface area contributed by atoms with Crippen LogP contribution in [0.1, 0.15) is 20.8 Å². The molecule has 0 saturated heterocycles. The molecule has 0 aliphatic carbocycles. The molecular formula is C13H21N3O4S. The summed E-state index contributed by atoms with van der Waals surface area (Å²) in [6.07, 6.45) is 0. The van der Waals surface area contributed by atoms with Crippen molar-refractivity contribution in [3.63, 3.8) is 0 Å². The van der Waals surface area contributed by atoms with Gasteiger partial charge in [0, 0.05) is 0 Å². The number of nitrogens with two attached hydrogens (primary N) is 2. The highest BCUT2D eigenvalue weighted by Crippen LogP contribution is 2.28. The zero-order chi connectivity index (χ0) is 16.4. The average Bonchev–Trinajstić information content (AvgIpc) is 2.35. The van der Waals surface area contributed by atoms with E-state index in [1.807, 2.05) is 20.8 Å². The fraction of sp³-hybridized carbons (Fsp3) is 0.462. The van der Waals surface area contributed by atoms with Crippen molar-refractivity contribution in [3.05, 3.63) is 18.2 Å². The maximum absolute atomic E-state index is 12.1. The number of rotatable bonds is 4. The van der Waals surface area contributed by atoms with E-state index in [1.165, 1.54) is 25.3 Å². The molecule has 0 radical (unpaired) electrons. The summed E-state index contributed by atoms with van der Waals surface area (Å²) in [4.78, 5) is 12.0. The van der Waals surface area contributed by atoms with Crippen LogP contribution in [0.2, 0.25) is 0 Å². The van der Waals surface area contributed by atoms with Crippen molar-refractivity contribution >= 4 is 21.6 Å². The number of carbonyl (C=O) groups is 1. The number of anilines is 1. The summed E-state index contributed by atoms with van der Waals surface area (Å²) in [7, 11) is -2.46. The van der Waals surface area contributed by atoms with Gasteiger partial charge in [0.15, 0.2) is 0 Å². The molecule has 0 spiro atoms. The van der Waals surface area contributed by atoms with Crippen molar-refractivity contribution < 1.29 is 17.9 Å². The van der Waals surface area contributed by atoms with Gasteiger partial charge in [0.25, 0.3) is 0 Å². The van der Waals surface area contributed by atoms with Crippen molar-refractivity contribution in [2.45, 2.75) is 31.7 Å². The lowest BCUT2D eigenvalue weighted by atomic mass is 9.87. The second-order valence-corrected chi connectivity index (χ2v) is 7.30. The van der Waals surface area contributed by atoms with E-state index >= 15 is 0 Å². The predicted octanol–water partition coefficient (Wildman–Crippen LogP) is 0.655. The summed E-state index contributed by atoms with van der Waals surface area (Å²) in [6.45, 7) is 5.49. The first-order valence-electron chi connectivity index (χ1n) is 6.24. The first-order valence-corrected chi connectivity index (χ1v) is 7.78. The van der Waals surface area contributed by atoms with Gasteiger partial charge in [0.1, 0.15) is 5.75 Å². The van der Waals surface area contributed by atoms with E-state index in [4.69, 9.17) is 15.6 Å². The quantitative estimate of drug-likeness (QED) is 0.752. The molecule has 0 aliphatic rings. The van der Waals surface area contributed by atoms with Crippen LogP contribution in [0.15, 0.2) is 23.1 Å². The lowest BCUT2D eigenvalue weighted by Gasteiger charge is -2.26. The molecule has 0 heterocycles. The Bertz CT molecular complexity index is 635. The number of benzene rings is 1. The zero-order valence-corrected chi connectivity index (χ0v) is 13.3. The van der Waals surface area contributed by atoms with E-state index in [1.54, 1.807) is 0 Å². The molecule has 1 aromatic carbocycles. The van der Waals surface area contributed by atoms with Crippen molar-refractivity contribution in [3.8, 4) is 5.75 Å². The fourth-order valence-electron chi connectivity index (χ4n) is 1.57. The standard InChI is InChI=1S/C13H21N3O4S/c1-13(2,3)11(14)12(17)16-9-7-8(21(15,18)19)5-6-10(9)20-4/h5-7,11H,14H2,1-4H3,(H,16,17)(H2,15,18,19). The van der Waals surface area contributed by atoms with Gasteiger partial charge in [-0.25, -0.2) is 13.6 Å². The lowest BCUT2D eigenvalue weighted by Crippen LogP contribution is -2.45. The summed E-state index contributed by atoms with van der Waals surface area (Å²) in [6, 6.07) is 3.19. The summed E-state index contributed by atoms with van der Waals surface area (Å²) in [5.74, 6) is -0.121. The number of sulfonamides is 1. The maximum Gasteiger partial charge on any atom is 0.241 e. The molecule has 1 atom stereocenters. The van der Waals surface area contributed by atoms with Crippen molar-refractivity contribution in [2.24, 2.45) is 16.3 Å². The van der Waals surface area contributed by atoms with Gasteiger partial charge in [-0.3, -0.25) is 4.79 Å². The SMILES string of the molecule is COc1ccc(S(N)(=O)=O)cc1NC(=O)C(N)C(C)(C)C. The molecule has 1 amide bonds. The number of nitrogens with one attached hydrogen (secondary N) is 1. The Kier molecular flexibility index (Phi) is 4.98. The number of hydrogen-bond acceptors (Lipinski definition) is 5. The van der Waals surface area contributed by atoms with Crippen LogP contribution in [-0.2, 0) is 14.8 Å².